The normalized spacial score (nSPS) is 30.6. The zero-order valence-electron chi connectivity index (χ0n) is 10.9. The van der Waals surface area contributed by atoms with E-state index in [4.69, 9.17) is 0 Å². The van der Waals surface area contributed by atoms with Crippen LogP contribution in [0, 0.1) is 0 Å². The molecule has 2 unspecified atom stereocenters. The fourth-order valence-corrected chi connectivity index (χ4v) is 4.05. The van der Waals surface area contributed by atoms with Gasteiger partial charge in [0.25, 0.3) is 0 Å². The molecule has 1 aromatic heterocycles. The standard InChI is InChI=1S/C13H19BrN4/c1-17(2)13-15-6-5-12(16-13)18-10-3-4-11(18)8-9(14)7-10/h5-6,9-11H,3-4,7-8H2,1-2H3. The quantitative estimate of drug-likeness (QED) is 0.785. The molecule has 3 heterocycles. The van der Waals surface area contributed by atoms with Gasteiger partial charge in [0, 0.05) is 37.2 Å². The number of nitrogens with zero attached hydrogens (tertiary/aromatic N) is 4. The lowest BCUT2D eigenvalue weighted by Crippen LogP contribution is -2.43. The second-order valence-electron chi connectivity index (χ2n) is 5.47. The molecule has 2 saturated heterocycles. The summed E-state index contributed by atoms with van der Waals surface area (Å²) in [4.78, 5) is 14.1. The van der Waals surface area contributed by atoms with E-state index in [0.29, 0.717) is 16.9 Å². The molecule has 0 N–H and O–H groups in total. The van der Waals surface area contributed by atoms with Gasteiger partial charge in [0.15, 0.2) is 0 Å². The lowest BCUT2D eigenvalue weighted by molar-refractivity contribution is 0.479. The van der Waals surface area contributed by atoms with Crippen molar-refractivity contribution < 1.29 is 0 Å². The summed E-state index contributed by atoms with van der Waals surface area (Å²) in [5.74, 6) is 1.90. The van der Waals surface area contributed by atoms with Crippen molar-refractivity contribution in [3.8, 4) is 0 Å². The lowest BCUT2D eigenvalue weighted by Gasteiger charge is -2.38. The van der Waals surface area contributed by atoms with Crippen LogP contribution >= 0.6 is 15.9 Å². The van der Waals surface area contributed by atoms with Crippen LogP contribution in [0.5, 0.6) is 0 Å². The number of rotatable bonds is 2. The van der Waals surface area contributed by atoms with E-state index in [1.165, 1.54) is 25.7 Å². The van der Waals surface area contributed by atoms with Gasteiger partial charge in [-0.3, -0.25) is 0 Å². The van der Waals surface area contributed by atoms with E-state index in [-0.39, 0.29) is 0 Å². The van der Waals surface area contributed by atoms with Gasteiger partial charge in [-0.1, -0.05) is 15.9 Å². The number of hydrogen-bond acceptors (Lipinski definition) is 4. The first-order chi connectivity index (χ1) is 8.65. The van der Waals surface area contributed by atoms with Crippen LogP contribution in [0.25, 0.3) is 0 Å². The molecule has 2 atom stereocenters. The minimum Gasteiger partial charge on any atom is -0.350 e. The predicted octanol–water partition coefficient (Wildman–Crippen LogP) is 2.44. The van der Waals surface area contributed by atoms with Crippen molar-refractivity contribution in [3.63, 3.8) is 0 Å². The molecule has 0 amide bonds. The first kappa shape index (κ1) is 12.2. The topological polar surface area (TPSA) is 32.3 Å². The molecule has 0 radical (unpaired) electrons. The molecule has 2 aliphatic rings. The van der Waals surface area contributed by atoms with Crippen molar-refractivity contribution in [1.82, 2.24) is 9.97 Å². The fourth-order valence-electron chi connectivity index (χ4n) is 3.18. The van der Waals surface area contributed by atoms with E-state index in [9.17, 15) is 0 Å². The number of alkyl halides is 1. The third-order valence-electron chi connectivity index (χ3n) is 3.97. The molecule has 2 fully saturated rings. The summed E-state index contributed by atoms with van der Waals surface area (Å²) in [7, 11) is 3.97. The molecule has 2 aliphatic heterocycles. The zero-order chi connectivity index (χ0) is 12.7. The molecule has 18 heavy (non-hydrogen) atoms. The van der Waals surface area contributed by atoms with Crippen LogP contribution in [0.4, 0.5) is 11.8 Å². The third kappa shape index (κ3) is 2.09. The van der Waals surface area contributed by atoms with Crippen LogP contribution in [0.15, 0.2) is 12.3 Å². The molecule has 0 saturated carbocycles. The molecule has 2 bridgehead atoms. The molecule has 1 aromatic rings. The average Bonchev–Trinajstić information content (AvgIpc) is 2.62. The van der Waals surface area contributed by atoms with Gasteiger partial charge in [-0.15, -0.1) is 0 Å². The Kier molecular flexibility index (Phi) is 3.18. The van der Waals surface area contributed by atoms with Crippen LogP contribution in [-0.4, -0.2) is 41.0 Å². The molecule has 98 valence electrons. The summed E-state index contributed by atoms with van der Waals surface area (Å²) in [6.45, 7) is 0. The minimum absolute atomic E-state index is 0.651. The Morgan fingerprint density at radius 2 is 1.94 bits per heavy atom. The zero-order valence-corrected chi connectivity index (χ0v) is 12.5. The average molecular weight is 311 g/mol. The van der Waals surface area contributed by atoms with Gasteiger partial charge >= 0.3 is 0 Å². The Bertz CT molecular complexity index is 423. The molecular weight excluding hydrogens is 292 g/mol. The number of halogens is 1. The molecule has 0 aromatic carbocycles. The maximum atomic E-state index is 4.69. The second kappa shape index (κ2) is 4.68. The molecule has 0 spiro atoms. The van der Waals surface area contributed by atoms with Crippen molar-refractivity contribution >= 4 is 27.7 Å². The van der Waals surface area contributed by atoms with Crippen LogP contribution in [-0.2, 0) is 0 Å². The van der Waals surface area contributed by atoms with Crippen molar-refractivity contribution in [2.45, 2.75) is 42.6 Å². The maximum Gasteiger partial charge on any atom is 0.226 e. The molecule has 5 heteroatoms. The summed E-state index contributed by atoms with van der Waals surface area (Å²) in [6.07, 6.45) is 6.94. The highest BCUT2D eigenvalue weighted by Gasteiger charge is 2.40. The van der Waals surface area contributed by atoms with E-state index in [2.05, 4.69) is 30.8 Å². The molecule has 3 rings (SSSR count). The van der Waals surface area contributed by atoms with Gasteiger partial charge < -0.3 is 9.80 Å². The third-order valence-corrected chi connectivity index (χ3v) is 4.72. The van der Waals surface area contributed by atoms with Crippen molar-refractivity contribution in [1.29, 1.82) is 0 Å². The van der Waals surface area contributed by atoms with Crippen LogP contribution < -0.4 is 9.80 Å². The summed E-state index contributed by atoms with van der Waals surface area (Å²) in [5, 5.41) is 0. The van der Waals surface area contributed by atoms with E-state index in [1.54, 1.807) is 0 Å². The highest BCUT2D eigenvalue weighted by atomic mass is 79.9. The number of anilines is 2. The number of aromatic nitrogens is 2. The highest BCUT2D eigenvalue weighted by Crippen LogP contribution is 2.40. The largest absolute Gasteiger partial charge is 0.350 e. The first-order valence-electron chi connectivity index (χ1n) is 6.58. The molecular formula is C13H19BrN4. The van der Waals surface area contributed by atoms with Crippen LogP contribution in [0.2, 0.25) is 0 Å². The smallest absolute Gasteiger partial charge is 0.226 e. The lowest BCUT2D eigenvalue weighted by atomic mass is 10.0. The Morgan fingerprint density at radius 3 is 2.56 bits per heavy atom. The van der Waals surface area contributed by atoms with Gasteiger partial charge in [-0.25, -0.2) is 4.98 Å². The monoisotopic (exact) mass is 310 g/mol. The van der Waals surface area contributed by atoms with E-state index in [0.717, 1.165) is 11.8 Å². The Hall–Kier alpha value is -0.840. The van der Waals surface area contributed by atoms with Crippen LogP contribution in [0.3, 0.4) is 0 Å². The van der Waals surface area contributed by atoms with Gasteiger partial charge in [0.2, 0.25) is 5.95 Å². The summed E-state index contributed by atoms with van der Waals surface area (Å²) < 4.78 is 0. The van der Waals surface area contributed by atoms with E-state index >= 15 is 0 Å². The van der Waals surface area contributed by atoms with E-state index in [1.807, 2.05) is 31.3 Å². The number of fused-ring (bicyclic) bond motifs is 2. The summed E-state index contributed by atoms with van der Waals surface area (Å²) >= 11 is 3.78. The van der Waals surface area contributed by atoms with Gasteiger partial charge in [-0.05, 0) is 31.7 Å². The second-order valence-corrected chi connectivity index (χ2v) is 6.77. The fraction of sp³-hybridized carbons (Fsp3) is 0.692. The molecule has 4 nitrogen and oxygen atoms in total. The Labute approximate surface area is 117 Å². The van der Waals surface area contributed by atoms with Crippen LogP contribution in [0.1, 0.15) is 25.7 Å². The minimum atomic E-state index is 0.651. The Balaban J connectivity index is 1.89. The van der Waals surface area contributed by atoms with Crippen molar-refractivity contribution in [3.05, 3.63) is 12.3 Å². The van der Waals surface area contributed by atoms with Gasteiger partial charge in [0.05, 0.1) is 0 Å². The summed E-state index contributed by atoms with van der Waals surface area (Å²) in [6, 6.07) is 3.35. The SMILES string of the molecule is CN(C)c1nccc(N2C3CCC2CC(Br)C3)n1. The van der Waals surface area contributed by atoms with Crippen molar-refractivity contribution in [2.75, 3.05) is 23.9 Å². The number of piperidine rings is 1. The highest BCUT2D eigenvalue weighted by molar-refractivity contribution is 9.09. The van der Waals surface area contributed by atoms with E-state index < -0.39 is 0 Å². The van der Waals surface area contributed by atoms with Crippen molar-refractivity contribution in [2.24, 2.45) is 0 Å². The first-order valence-corrected chi connectivity index (χ1v) is 7.49. The maximum absolute atomic E-state index is 4.69. The number of hydrogen-bond donors (Lipinski definition) is 0. The van der Waals surface area contributed by atoms with Gasteiger partial charge in [0.1, 0.15) is 5.82 Å². The molecule has 0 aliphatic carbocycles. The predicted molar refractivity (Wildman–Crippen MR) is 77.6 cm³/mol. The summed E-state index contributed by atoms with van der Waals surface area (Å²) in [5.41, 5.74) is 0. The van der Waals surface area contributed by atoms with Gasteiger partial charge in [-0.2, -0.15) is 4.98 Å². The Morgan fingerprint density at radius 1 is 1.28 bits per heavy atom.